The van der Waals surface area contributed by atoms with Crippen molar-refractivity contribution in [3.8, 4) is 0 Å². The molecule has 0 bridgehead atoms. The molecule has 3 rings (SSSR count). The van der Waals surface area contributed by atoms with Crippen LogP contribution in [0.25, 0.3) is 0 Å². The van der Waals surface area contributed by atoms with Crippen LogP contribution in [0, 0.1) is 11.8 Å². The van der Waals surface area contributed by atoms with Crippen LogP contribution in [0.2, 0.25) is 0 Å². The fourth-order valence-corrected chi connectivity index (χ4v) is 3.49. The molecule has 3 fully saturated rings. The van der Waals surface area contributed by atoms with Gasteiger partial charge in [-0.1, -0.05) is 6.92 Å². The van der Waals surface area contributed by atoms with Gasteiger partial charge in [0.05, 0.1) is 13.2 Å². The Labute approximate surface area is 123 Å². The molecule has 0 aromatic carbocycles. The molecule has 4 nitrogen and oxygen atoms in total. The van der Waals surface area contributed by atoms with E-state index in [0.717, 1.165) is 25.7 Å². The Morgan fingerprint density at radius 3 is 2.35 bits per heavy atom. The van der Waals surface area contributed by atoms with Crippen molar-refractivity contribution in [2.24, 2.45) is 11.8 Å². The molecule has 1 saturated carbocycles. The molecule has 2 atom stereocenters. The lowest BCUT2D eigenvalue weighted by atomic mass is 10.0. The fraction of sp³-hybridized carbons (Fsp3) is 1.00. The van der Waals surface area contributed by atoms with E-state index in [-0.39, 0.29) is 0 Å². The number of piperazine rings is 1. The summed E-state index contributed by atoms with van der Waals surface area (Å²) < 4.78 is 5.69. The number of ether oxygens (including phenoxy) is 1. The lowest BCUT2D eigenvalue weighted by molar-refractivity contribution is 0.106. The third-order valence-corrected chi connectivity index (χ3v) is 5.03. The zero-order valence-electron chi connectivity index (χ0n) is 13.0. The van der Waals surface area contributed by atoms with E-state index in [1.807, 2.05) is 0 Å². The molecule has 3 aliphatic rings. The van der Waals surface area contributed by atoms with Crippen molar-refractivity contribution in [3.05, 3.63) is 0 Å². The molecule has 116 valence electrons. The van der Waals surface area contributed by atoms with Crippen molar-refractivity contribution >= 4 is 0 Å². The average molecular weight is 281 g/mol. The van der Waals surface area contributed by atoms with E-state index in [9.17, 15) is 0 Å². The van der Waals surface area contributed by atoms with Crippen LogP contribution in [0.5, 0.6) is 0 Å². The van der Waals surface area contributed by atoms with Gasteiger partial charge in [-0.2, -0.15) is 0 Å². The van der Waals surface area contributed by atoms with Crippen LogP contribution in [0.15, 0.2) is 0 Å². The first-order valence-corrected chi connectivity index (χ1v) is 8.61. The van der Waals surface area contributed by atoms with Crippen LogP contribution in [-0.2, 0) is 4.74 Å². The molecule has 0 aromatic heterocycles. The molecule has 2 unspecified atom stereocenters. The summed E-state index contributed by atoms with van der Waals surface area (Å²) in [5, 5.41) is 3.65. The van der Waals surface area contributed by atoms with Crippen LogP contribution in [0.3, 0.4) is 0 Å². The lowest BCUT2D eigenvalue weighted by Gasteiger charge is -2.36. The average Bonchev–Trinajstić information content (AvgIpc) is 3.17. The zero-order valence-corrected chi connectivity index (χ0v) is 13.0. The molecule has 4 heteroatoms. The molecular formula is C16H31N3O. The van der Waals surface area contributed by atoms with Crippen molar-refractivity contribution in [1.29, 1.82) is 0 Å². The molecule has 2 saturated heterocycles. The fourth-order valence-electron chi connectivity index (χ4n) is 3.49. The molecule has 1 aliphatic carbocycles. The Morgan fingerprint density at radius 1 is 1.00 bits per heavy atom. The summed E-state index contributed by atoms with van der Waals surface area (Å²) in [6, 6.07) is 0.583. The molecule has 2 heterocycles. The van der Waals surface area contributed by atoms with Crippen molar-refractivity contribution in [3.63, 3.8) is 0 Å². The number of nitrogens with zero attached hydrogens (tertiary/aromatic N) is 2. The summed E-state index contributed by atoms with van der Waals surface area (Å²) in [5.41, 5.74) is 0. The second-order valence-corrected chi connectivity index (χ2v) is 6.90. The second-order valence-electron chi connectivity index (χ2n) is 6.90. The highest BCUT2D eigenvalue weighted by molar-refractivity contribution is 4.86. The van der Waals surface area contributed by atoms with E-state index in [1.54, 1.807) is 0 Å². The summed E-state index contributed by atoms with van der Waals surface area (Å²) >= 11 is 0. The first-order valence-electron chi connectivity index (χ1n) is 8.61. The SMILES string of the molecule is CCCNC1COCC1CN1CCN(CC2CC2)CC1. The van der Waals surface area contributed by atoms with Gasteiger partial charge in [-0.05, 0) is 31.7 Å². The van der Waals surface area contributed by atoms with Gasteiger partial charge in [-0.15, -0.1) is 0 Å². The zero-order chi connectivity index (χ0) is 13.8. The quantitative estimate of drug-likeness (QED) is 0.754. The van der Waals surface area contributed by atoms with E-state index < -0.39 is 0 Å². The van der Waals surface area contributed by atoms with Crippen LogP contribution >= 0.6 is 0 Å². The largest absolute Gasteiger partial charge is 0.379 e. The third kappa shape index (κ3) is 4.17. The maximum absolute atomic E-state index is 5.69. The van der Waals surface area contributed by atoms with Gasteiger partial charge in [-0.25, -0.2) is 0 Å². The summed E-state index contributed by atoms with van der Waals surface area (Å²) in [6.07, 6.45) is 4.16. The molecule has 2 aliphatic heterocycles. The van der Waals surface area contributed by atoms with Crippen molar-refractivity contribution in [2.75, 3.05) is 59.0 Å². The maximum Gasteiger partial charge on any atom is 0.0623 e. The first-order chi connectivity index (χ1) is 9.85. The first kappa shape index (κ1) is 14.8. The third-order valence-electron chi connectivity index (χ3n) is 5.03. The number of hydrogen-bond donors (Lipinski definition) is 1. The monoisotopic (exact) mass is 281 g/mol. The Kier molecular flexibility index (Phi) is 5.32. The van der Waals surface area contributed by atoms with E-state index in [4.69, 9.17) is 4.74 Å². The molecule has 0 aromatic rings. The Morgan fingerprint density at radius 2 is 1.70 bits per heavy atom. The second kappa shape index (κ2) is 7.21. The van der Waals surface area contributed by atoms with Crippen molar-refractivity contribution < 1.29 is 4.74 Å². The maximum atomic E-state index is 5.69. The highest BCUT2D eigenvalue weighted by Crippen LogP contribution is 2.30. The number of rotatable bonds is 7. The van der Waals surface area contributed by atoms with E-state index in [1.165, 1.54) is 58.5 Å². The van der Waals surface area contributed by atoms with Gasteiger partial charge >= 0.3 is 0 Å². The van der Waals surface area contributed by atoms with Gasteiger partial charge in [0.25, 0.3) is 0 Å². The molecule has 1 N–H and O–H groups in total. The highest BCUT2D eigenvalue weighted by atomic mass is 16.5. The van der Waals surface area contributed by atoms with Crippen LogP contribution in [-0.4, -0.2) is 74.9 Å². The standard InChI is InChI=1S/C16H31N3O/c1-2-5-17-16-13-20-12-15(16)11-19-8-6-18(7-9-19)10-14-3-4-14/h14-17H,2-13H2,1H3. The van der Waals surface area contributed by atoms with Gasteiger partial charge in [0.15, 0.2) is 0 Å². The molecule has 20 heavy (non-hydrogen) atoms. The highest BCUT2D eigenvalue weighted by Gasteiger charge is 2.31. The predicted octanol–water partition coefficient (Wildman–Crippen LogP) is 1.03. The summed E-state index contributed by atoms with van der Waals surface area (Å²) in [4.78, 5) is 5.33. The van der Waals surface area contributed by atoms with Gasteiger partial charge < -0.3 is 19.9 Å². The normalized spacial score (nSPS) is 32.9. The lowest BCUT2D eigenvalue weighted by Crippen LogP contribution is -2.50. The van der Waals surface area contributed by atoms with Gasteiger partial charge in [0.1, 0.15) is 0 Å². The smallest absolute Gasteiger partial charge is 0.0623 e. The predicted molar refractivity (Wildman–Crippen MR) is 82.0 cm³/mol. The summed E-state index contributed by atoms with van der Waals surface area (Å²) in [6.45, 7) is 12.9. The minimum absolute atomic E-state index is 0.583. The minimum atomic E-state index is 0.583. The van der Waals surface area contributed by atoms with E-state index >= 15 is 0 Å². The summed E-state index contributed by atoms with van der Waals surface area (Å²) in [7, 11) is 0. The van der Waals surface area contributed by atoms with Crippen LogP contribution in [0.4, 0.5) is 0 Å². The van der Waals surface area contributed by atoms with Gasteiger partial charge in [-0.3, -0.25) is 0 Å². The van der Waals surface area contributed by atoms with Crippen LogP contribution in [0.1, 0.15) is 26.2 Å². The van der Waals surface area contributed by atoms with Gasteiger partial charge in [0, 0.05) is 51.2 Å². The molecular weight excluding hydrogens is 250 g/mol. The van der Waals surface area contributed by atoms with Crippen molar-refractivity contribution in [1.82, 2.24) is 15.1 Å². The topological polar surface area (TPSA) is 27.7 Å². The Hall–Kier alpha value is -0.160. The molecule has 0 radical (unpaired) electrons. The van der Waals surface area contributed by atoms with E-state index in [2.05, 4.69) is 22.0 Å². The Balaban J connectivity index is 1.37. The number of nitrogens with one attached hydrogen (secondary N) is 1. The Bertz CT molecular complexity index is 287. The van der Waals surface area contributed by atoms with Crippen molar-refractivity contribution in [2.45, 2.75) is 32.2 Å². The summed E-state index contributed by atoms with van der Waals surface area (Å²) in [5.74, 6) is 1.73. The van der Waals surface area contributed by atoms with Crippen LogP contribution < -0.4 is 5.32 Å². The molecule has 0 amide bonds. The number of hydrogen-bond acceptors (Lipinski definition) is 4. The van der Waals surface area contributed by atoms with E-state index in [0.29, 0.717) is 12.0 Å². The van der Waals surface area contributed by atoms with Gasteiger partial charge in [0.2, 0.25) is 0 Å². The minimum Gasteiger partial charge on any atom is -0.379 e. The molecule has 0 spiro atoms.